The Labute approximate surface area is 220 Å². The van der Waals surface area contributed by atoms with Gasteiger partial charge in [-0.2, -0.15) is 0 Å². The zero-order valence-electron chi connectivity index (χ0n) is 20.5. The highest BCUT2D eigenvalue weighted by molar-refractivity contribution is 9.10. The van der Waals surface area contributed by atoms with Gasteiger partial charge in [-0.15, -0.1) is 0 Å². The summed E-state index contributed by atoms with van der Waals surface area (Å²) in [4.78, 5) is 33.8. The second-order valence-electron chi connectivity index (χ2n) is 8.34. The van der Waals surface area contributed by atoms with Gasteiger partial charge in [0.05, 0.1) is 40.0 Å². The van der Waals surface area contributed by atoms with Gasteiger partial charge in [-0.25, -0.2) is 9.79 Å². The quantitative estimate of drug-likeness (QED) is 0.456. The number of phenolic OH excluding ortho intramolecular Hbond substituents is 1. The number of esters is 1. The van der Waals surface area contributed by atoms with Crippen molar-refractivity contribution in [3.05, 3.63) is 83.0 Å². The summed E-state index contributed by atoms with van der Waals surface area (Å²) in [5, 5.41) is 10.1. The highest BCUT2D eigenvalue weighted by atomic mass is 79.9. The number of nitrogens with zero attached hydrogens (tertiary/aromatic N) is 3. The average Bonchev–Trinajstić information content (AvgIpc) is 3.14. The van der Waals surface area contributed by atoms with Crippen molar-refractivity contribution in [1.29, 1.82) is 0 Å². The summed E-state index contributed by atoms with van der Waals surface area (Å²) < 4.78 is 13.0. The van der Waals surface area contributed by atoms with Crippen molar-refractivity contribution in [2.75, 3.05) is 32.7 Å². The molecular formula is C26H26BrN3O5S. The van der Waals surface area contributed by atoms with Crippen LogP contribution in [0.2, 0.25) is 0 Å². The van der Waals surface area contributed by atoms with Crippen molar-refractivity contribution in [3.63, 3.8) is 0 Å². The molecule has 2 aromatic carbocycles. The van der Waals surface area contributed by atoms with Crippen molar-refractivity contribution in [1.82, 2.24) is 4.57 Å². The van der Waals surface area contributed by atoms with Gasteiger partial charge in [-0.3, -0.25) is 9.36 Å². The maximum Gasteiger partial charge on any atom is 0.338 e. The van der Waals surface area contributed by atoms with Gasteiger partial charge in [-0.1, -0.05) is 23.5 Å². The standard InChI is InChI=1S/C26H26BrN3O5S/c1-6-35-25(33)21-14(2)28-26-30(22(21)16-7-9-17(10-8-16)29(3)4)24(32)20(36-26)13-15-11-18(27)23(31)19(12-15)34-5/h7-13,22,31H,6H2,1-5H3. The second kappa shape index (κ2) is 10.3. The van der Waals surface area contributed by atoms with Gasteiger partial charge in [0.25, 0.3) is 5.56 Å². The Morgan fingerprint density at radius 3 is 2.58 bits per heavy atom. The third-order valence-corrected chi connectivity index (χ3v) is 7.40. The molecule has 0 spiro atoms. The first kappa shape index (κ1) is 25.7. The monoisotopic (exact) mass is 571 g/mol. The predicted molar refractivity (Wildman–Crippen MR) is 144 cm³/mol. The number of carbonyl (C=O) groups is 1. The SMILES string of the molecule is CCOC(=O)C1=C(C)N=c2sc(=Cc3cc(Br)c(O)c(OC)c3)c(=O)n2C1c1ccc(N(C)C)cc1. The minimum Gasteiger partial charge on any atom is -0.503 e. The second-order valence-corrected chi connectivity index (χ2v) is 10.2. The molecule has 10 heteroatoms. The van der Waals surface area contributed by atoms with Crippen LogP contribution in [-0.4, -0.2) is 43.5 Å². The molecule has 36 heavy (non-hydrogen) atoms. The number of benzene rings is 2. The third kappa shape index (κ3) is 4.70. The van der Waals surface area contributed by atoms with Gasteiger partial charge in [0.15, 0.2) is 16.3 Å². The minimum atomic E-state index is -0.681. The molecule has 0 radical (unpaired) electrons. The molecule has 0 bridgehead atoms. The first-order valence-electron chi connectivity index (χ1n) is 11.2. The van der Waals surface area contributed by atoms with Crippen LogP contribution in [-0.2, 0) is 9.53 Å². The molecule has 1 aromatic heterocycles. The molecule has 3 aromatic rings. The van der Waals surface area contributed by atoms with Crippen LogP contribution in [0.4, 0.5) is 5.69 Å². The van der Waals surface area contributed by atoms with Crippen molar-refractivity contribution >= 4 is 45.0 Å². The van der Waals surface area contributed by atoms with Crippen LogP contribution in [0.5, 0.6) is 11.5 Å². The number of hydrogen-bond donors (Lipinski definition) is 1. The maximum atomic E-state index is 13.7. The Hall–Kier alpha value is -3.37. The van der Waals surface area contributed by atoms with E-state index >= 15 is 0 Å². The number of ether oxygens (including phenoxy) is 2. The van der Waals surface area contributed by atoms with E-state index in [4.69, 9.17) is 9.47 Å². The lowest BCUT2D eigenvalue weighted by Gasteiger charge is -2.25. The van der Waals surface area contributed by atoms with Crippen LogP contribution in [0, 0.1) is 0 Å². The van der Waals surface area contributed by atoms with Crippen LogP contribution in [0.1, 0.15) is 31.0 Å². The van der Waals surface area contributed by atoms with E-state index in [1.807, 2.05) is 43.3 Å². The van der Waals surface area contributed by atoms with Crippen molar-refractivity contribution in [3.8, 4) is 11.5 Å². The first-order chi connectivity index (χ1) is 17.2. The van der Waals surface area contributed by atoms with Crippen LogP contribution >= 0.6 is 27.3 Å². The molecule has 0 saturated heterocycles. The Morgan fingerprint density at radius 2 is 1.97 bits per heavy atom. The molecule has 188 valence electrons. The molecule has 1 atom stereocenters. The molecular weight excluding hydrogens is 546 g/mol. The van der Waals surface area contributed by atoms with Crippen LogP contribution in [0.3, 0.4) is 0 Å². The van der Waals surface area contributed by atoms with Gasteiger partial charge >= 0.3 is 5.97 Å². The summed E-state index contributed by atoms with van der Waals surface area (Å²) in [7, 11) is 5.35. The predicted octanol–water partition coefficient (Wildman–Crippen LogP) is 3.34. The van der Waals surface area contributed by atoms with E-state index in [1.165, 1.54) is 18.4 Å². The van der Waals surface area contributed by atoms with E-state index < -0.39 is 12.0 Å². The number of rotatable bonds is 6. The average molecular weight is 572 g/mol. The van der Waals surface area contributed by atoms with E-state index in [0.29, 0.717) is 30.6 Å². The van der Waals surface area contributed by atoms with Crippen LogP contribution < -0.4 is 24.5 Å². The number of hydrogen-bond acceptors (Lipinski definition) is 8. The Kier molecular flexibility index (Phi) is 7.37. The summed E-state index contributed by atoms with van der Waals surface area (Å²) in [5.74, 6) is -0.239. The molecule has 1 unspecified atom stereocenters. The number of fused-ring (bicyclic) bond motifs is 1. The number of carbonyl (C=O) groups excluding carboxylic acids is 1. The zero-order valence-corrected chi connectivity index (χ0v) is 22.9. The fourth-order valence-electron chi connectivity index (χ4n) is 4.05. The zero-order chi connectivity index (χ0) is 26.1. The summed E-state index contributed by atoms with van der Waals surface area (Å²) in [5.41, 5.74) is 3.00. The number of thiazole rings is 1. The molecule has 1 aliphatic rings. The van der Waals surface area contributed by atoms with Gasteiger partial charge in [0.1, 0.15) is 0 Å². The van der Waals surface area contributed by atoms with Crippen molar-refractivity contribution < 1.29 is 19.4 Å². The highest BCUT2D eigenvalue weighted by Crippen LogP contribution is 2.35. The normalized spacial score (nSPS) is 15.4. The third-order valence-electron chi connectivity index (χ3n) is 5.81. The van der Waals surface area contributed by atoms with Gasteiger partial charge in [0, 0.05) is 19.8 Å². The lowest BCUT2D eigenvalue weighted by atomic mass is 9.95. The number of methoxy groups -OCH3 is 1. The summed E-state index contributed by atoms with van der Waals surface area (Å²) >= 11 is 4.55. The van der Waals surface area contributed by atoms with Crippen molar-refractivity contribution in [2.45, 2.75) is 19.9 Å². The Morgan fingerprint density at radius 1 is 1.28 bits per heavy atom. The smallest absolute Gasteiger partial charge is 0.338 e. The van der Waals surface area contributed by atoms with Gasteiger partial charge < -0.3 is 19.5 Å². The van der Waals surface area contributed by atoms with Crippen LogP contribution in [0.15, 0.2) is 61.9 Å². The lowest BCUT2D eigenvalue weighted by Crippen LogP contribution is -2.39. The molecule has 1 N–H and O–H groups in total. The lowest BCUT2D eigenvalue weighted by molar-refractivity contribution is -0.139. The molecule has 0 amide bonds. The van der Waals surface area contributed by atoms with Crippen molar-refractivity contribution in [2.24, 2.45) is 4.99 Å². The number of phenols is 1. The molecule has 4 rings (SSSR count). The number of aromatic hydroxyl groups is 1. The van der Waals surface area contributed by atoms with E-state index in [1.54, 1.807) is 36.6 Å². The van der Waals surface area contributed by atoms with Crippen LogP contribution in [0.25, 0.3) is 6.08 Å². The fraction of sp³-hybridized carbons (Fsp3) is 0.269. The number of anilines is 1. The fourth-order valence-corrected chi connectivity index (χ4v) is 5.55. The number of aromatic nitrogens is 1. The molecule has 0 saturated carbocycles. The van der Waals surface area contributed by atoms with E-state index in [0.717, 1.165) is 11.3 Å². The maximum absolute atomic E-state index is 13.7. The largest absolute Gasteiger partial charge is 0.503 e. The molecule has 0 fully saturated rings. The van der Waals surface area contributed by atoms with E-state index in [-0.39, 0.29) is 23.7 Å². The minimum absolute atomic E-state index is 0.0213. The summed E-state index contributed by atoms with van der Waals surface area (Å²) in [6.45, 7) is 3.71. The summed E-state index contributed by atoms with van der Waals surface area (Å²) in [6.07, 6.45) is 1.71. The molecule has 2 heterocycles. The number of allylic oxidation sites excluding steroid dienone is 1. The summed E-state index contributed by atoms with van der Waals surface area (Å²) in [6, 6.07) is 10.4. The van der Waals surface area contributed by atoms with Gasteiger partial charge in [0.2, 0.25) is 0 Å². The molecule has 8 nitrogen and oxygen atoms in total. The van der Waals surface area contributed by atoms with Gasteiger partial charge in [-0.05, 0) is 71.2 Å². The van der Waals surface area contributed by atoms with E-state index in [2.05, 4.69) is 20.9 Å². The Balaban J connectivity index is 1.94. The molecule has 0 aliphatic carbocycles. The Bertz CT molecular complexity index is 1540. The number of halogens is 1. The topological polar surface area (TPSA) is 93.4 Å². The highest BCUT2D eigenvalue weighted by Gasteiger charge is 2.33. The van der Waals surface area contributed by atoms with E-state index in [9.17, 15) is 14.7 Å². The first-order valence-corrected chi connectivity index (χ1v) is 12.8. The molecule has 1 aliphatic heterocycles.